The summed E-state index contributed by atoms with van der Waals surface area (Å²) in [4.78, 5) is 13.8. The Bertz CT molecular complexity index is 238. The summed E-state index contributed by atoms with van der Waals surface area (Å²) < 4.78 is 5.57. The Hall–Kier alpha value is -0.410. The first-order valence-corrected chi connectivity index (χ1v) is 5.71. The van der Waals surface area contributed by atoms with Gasteiger partial charge in [-0.05, 0) is 20.8 Å². The third-order valence-corrected chi connectivity index (χ3v) is 3.57. The second kappa shape index (κ2) is 4.62. The lowest BCUT2D eigenvalue weighted by atomic mass is 9.87. The molecule has 1 fully saturated rings. The number of morpholine rings is 1. The van der Waals surface area contributed by atoms with Crippen molar-refractivity contribution in [2.24, 2.45) is 5.41 Å². The first kappa shape index (κ1) is 12.7. The standard InChI is InChI=1S/C12H23NO2/c1-9-10(2)15-7-6-13(9)8-12(4,5)11(3)14/h9-10H,6-8H2,1-5H3. The van der Waals surface area contributed by atoms with Gasteiger partial charge in [0.15, 0.2) is 0 Å². The van der Waals surface area contributed by atoms with E-state index in [2.05, 4.69) is 18.7 Å². The molecule has 1 saturated heterocycles. The Kier molecular flexibility index (Phi) is 3.90. The van der Waals surface area contributed by atoms with Gasteiger partial charge in [-0.2, -0.15) is 0 Å². The van der Waals surface area contributed by atoms with E-state index in [9.17, 15) is 4.79 Å². The zero-order chi connectivity index (χ0) is 11.6. The van der Waals surface area contributed by atoms with Gasteiger partial charge in [-0.3, -0.25) is 9.69 Å². The summed E-state index contributed by atoms with van der Waals surface area (Å²) in [6.07, 6.45) is 0.265. The van der Waals surface area contributed by atoms with E-state index in [4.69, 9.17) is 4.74 Å². The minimum Gasteiger partial charge on any atom is -0.376 e. The molecule has 0 aromatic heterocycles. The molecule has 0 aromatic rings. The molecule has 3 heteroatoms. The van der Waals surface area contributed by atoms with Crippen LogP contribution in [0.15, 0.2) is 0 Å². The van der Waals surface area contributed by atoms with Gasteiger partial charge >= 0.3 is 0 Å². The van der Waals surface area contributed by atoms with E-state index >= 15 is 0 Å². The van der Waals surface area contributed by atoms with Crippen LogP contribution in [0, 0.1) is 5.41 Å². The maximum absolute atomic E-state index is 11.5. The van der Waals surface area contributed by atoms with Crippen LogP contribution in [0.3, 0.4) is 0 Å². The van der Waals surface area contributed by atoms with Gasteiger partial charge in [0.1, 0.15) is 5.78 Å². The normalized spacial score (nSPS) is 29.1. The van der Waals surface area contributed by atoms with Crippen molar-refractivity contribution in [3.63, 3.8) is 0 Å². The maximum atomic E-state index is 11.5. The molecular weight excluding hydrogens is 190 g/mol. The van der Waals surface area contributed by atoms with Gasteiger partial charge in [0.2, 0.25) is 0 Å². The summed E-state index contributed by atoms with van der Waals surface area (Å²) in [6, 6.07) is 0.400. The quantitative estimate of drug-likeness (QED) is 0.715. The first-order chi connectivity index (χ1) is 6.84. The summed E-state index contributed by atoms with van der Waals surface area (Å²) in [5.41, 5.74) is -0.245. The summed E-state index contributed by atoms with van der Waals surface area (Å²) in [7, 11) is 0. The fourth-order valence-electron chi connectivity index (χ4n) is 1.84. The molecule has 0 N–H and O–H groups in total. The number of hydrogen-bond acceptors (Lipinski definition) is 3. The highest BCUT2D eigenvalue weighted by Crippen LogP contribution is 2.22. The van der Waals surface area contributed by atoms with Crippen LogP contribution in [0.4, 0.5) is 0 Å². The summed E-state index contributed by atoms with van der Waals surface area (Å²) in [5.74, 6) is 0.258. The highest BCUT2D eigenvalue weighted by Gasteiger charge is 2.32. The van der Waals surface area contributed by atoms with E-state index in [0.717, 1.165) is 19.7 Å². The van der Waals surface area contributed by atoms with Crippen LogP contribution in [-0.2, 0) is 9.53 Å². The van der Waals surface area contributed by atoms with E-state index in [1.54, 1.807) is 6.92 Å². The Balaban J connectivity index is 2.61. The van der Waals surface area contributed by atoms with Gasteiger partial charge in [-0.25, -0.2) is 0 Å². The highest BCUT2D eigenvalue weighted by atomic mass is 16.5. The van der Waals surface area contributed by atoms with Gasteiger partial charge in [0.25, 0.3) is 0 Å². The van der Waals surface area contributed by atoms with Crippen molar-refractivity contribution < 1.29 is 9.53 Å². The monoisotopic (exact) mass is 213 g/mol. The van der Waals surface area contributed by atoms with Gasteiger partial charge in [-0.1, -0.05) is 13.8 Å². The minimum absolute atomic E-state index is 0.245. The number of hydrogen-bond donors (Lipinski definition) is 0. The predicted octanol–water partition coefficient (Wildman–Crippen LogP) is 1.71. The molecule has 2 unspecified atom stereocenters. The van der Waals surface area contributed by atoms with Crippen molar-refractivity contribution in [3.8, 4) is 0 Å². The van der Waals surface area contributed by atoms with Crippen molar-refractivity contribution >= 4 is 5.78 Å². The smallest absolute Gasteiger partial charge is 0.136 e. The zero-order valence-electron chi connectivity index (χ0n) is 10.5. The molecule has 0 bridgehead atoms. The molecule has 0 aliphatic carbocycles. The van der Waals surface area contributed by atoms with Gasteiger partial charge in [-0.15, -0.1) is 0 Å². The zero-order valence-corrected chi connectivity index (χ0v) is 10.5. The average Bonchev–Trinajstić information content (AvgIpc) is 2.12. The molecule has 0 amide bonds. The van der Waals surface area contributed by atoms with E-state index in [-0.39, 0.29) is 17.3 Å². The van der Waals surface area contributed by atoms with Crippen molar-refractivity contribution in [2.75, 3.05) is 19.7 Å². The topological polar surface area (TPSA) is 29.5 Å². The van der Waals surface area contributed by atoms with Crippen molar-refractivity contribution in [1.82, 2.24) is 4.90 Å². The number of rotatable bonds is 3. The second-order valence-corrected chi connectivity index (χ2v) is 5.23. The number of carbonyl (C=O) groups is 1. The SMILES string of the molecule is CC(=O)C(C)(C)CN1CCOC(C)C1C. The summed E-state index contributed by atoms with van der Waals surface area (Å²) >= 11 is 0. The van der Waals surface area contributed by atoms with E-state index in [0.29, 0.717) is 6.04 Å². The van der Waals surface area contributed by atoms with E-state index < -0.39 is 0 Å². The fraction of sp³-hybridized carbons (Fsp3) is 0.917. The van der Waals surface area contributed by atoms with Crippen LogP contribution < -0.4 is 0 Å². The molecule has 1 heterocycles. The average molecular weight is 213 g/mol. The molecule has 1 aliphatic heterocycles. The third kappa shape index (κ3) is 3.02. The lowest BCUT2D eigenvalue weighted by Gasteiger charge is -2.41. The Morgan fingerprint density at radius 2 is 2.07 bits per heavy atom. The molecular formula is C12H23NO2. The number of ketones is 1. The van der Waals surface area contributed by atoms with Crippen molar-refractivity contribution in [2.45, 2.75) is 46.8 Å². The molecule has 3 nitrogen and oxygen atoms in total. The van der Waals surface area contributed by atoms with Gasteiger partial charge in [0.05, 0.1) is 12.7 Å². The number of nitrogens with zero attached hydrogens (tertiary/aromatic N) is 1. The number of Topliss-reactive ketones (excluding diaryl/α,β-unsaturated/α-hetero) is 1. The Morgan fingerprint density at radius 1 is 1.47 bits per heavy atom. The molecule has 0 radical (unpaired) electrons. The summed E-state index contributed by atoms with van der Waals surface area (Å²) in [6.45, 7) is 12.5. The number of ether oxygens (including phenoxy) is 1. The van der Waals surface area contributed by atoms with Crippen LogP contribution in [0.25, 0.3) is 0 Å². The molecule has 88 valence electrons. The Labute approximate surface area is 92.8 Å². The molecule has 1 rings (SSSR count). The van der Waals surface area contributed by atoms with Crippen molar-refractivity contribution in [3.05, 3.63) is 0 Å². The Morgan fingerprint density at radius 3 is 2.60 bits per heavy atom. The molecule has 0 saturated carbocycles. The molecule has 15 heavy (non-hydrogen) atoms. The molecule has 2 atom stereocenters. The third-order valence-electron chi connectivity index (χ3n) is 3.57. The van der Waals surface area contributed by atoms with E-state index in [1.807, 2.05) is 13.8 Å². The molecule has 1 aliphatic rings. The number of carbonyl (C=O) groups excluding carboxylic acids is 1. The second-order valence-electron chi connectivity index (χ2n) is 5.23. The van der Waals surface area contributed by atoms with Gasteiger partial charge < -0.3 is 4.74 Å². The van der Waals surface area contributed by atoms with Crippen LogP contribution in [0.1, 0.15) is 34.6 Å². The van der Waals surface area contributed by atoms with Crippen molar-refractivity contribution in [1.29, 1.82) is 0 Å². The van der Waals surface area contributed by atoms with Crippen LogP contribution in [0.5, 0.6) is 0 Å². The highest BCUT2D eigenvalue weighted by molar-refractivity contribution is 5.81. The lowest BCUT2D eigenvalue weighted by molar-refractivity contribution is -0.128. The summed E-state index contributed by atoms with van der Waals surface area (Å²) in [5, 5.41) is 0. The predicted molar refractivity (Wildman–Crippen MR) is 60.9 cm³/mol. The minimum atomic E-state index is -0.245. The van der Waals surface area contributed by atoms with Gasteiger partial charge in [0, 0.05) is 24.5 Å². The largest absolute Gasteiger partial charge is 0.376 e. The molecule has 0 spiro atoms. The lowest BCUT2D eigenvalue weighted by Crippen LogP contribution is -2.52. The molecule has 0 aromatic carbocycles. The van der Waals surface area contributed by atoms with Crippen LogP contribution in [-0.4, -0.2) is 42.5 Å². The fourth-order valence-corrected chi connectivity index (χ4v) is 1.84. The maximum Gasteiger partial charge on any atom is 0.136 e. The van der Waals surface area contributed by atoms with Crippen LogP contribution in [0.2, 0.25) is 0 Å². The van der Waals surface area contributed by atoms with E-state index in [1.165, 1.54) is 0 Å². The first-order valence-electron chi connectivity index (χ1n) is 5.71. The van der Waals surface area contributed by atoms with Crippen LogP contribution >= 0.6 is 0 Å².